The van der Waals surface area contributed by atoms with Crippen LogP contribution < -0.4 is 35.5 Å². The number of ketones is 1. The maximum atomic E-state index is 14.3. The summed E-state index contributed by atoms with van der Waals surface area (Å²) < 4.78 is 50.9. The van der Waals surface area contributed by atoms with Crippen molar-refractivity contribution in [3.63, 3.8) is 0 Å². The number of carboxylic acids is 1. The third-order valence-electron chi connectivity index (χ3n) is 6.78. The molecule has 1 amide bonds. The van der Waals surface area contributed by atoms with E-state index >= 15 is 0 Å². The number of carbonyl (C=O) groups excluding carboxylic acids is 2. The Bertz CT molecular complexity index is 2030. The Kier molecular flexibility index (Phi) is 9.59. The first kappa shape index (κ1) is 33.0. The summed E-state index contributed by atoms with van der Waals surface area (Å²) in [7, 11) is 0. The maximum absolute atomic E-state index is 14.3. The zero-order valence-corrected chi connectivity index (χ0v) is 25.0. The molecule has 4 aromatic carbocycles. The van der Waals surface area contributed by atoms with Crippen molar-refractivity contribution in [2.75, 3.05) is 22.6 Å². The van der Waals surface area contributed by atoms with Crippen molar-refractivity contribution in [3.8, 4) is 17.2 Å². The van der Waals surface area contributed by atoms with Crippen molar-refractivity contribution >= 4 is 57.3 Å². The van der Waals surface area contributed by atoms with Gasteiger partial charge in [-0.1, -0.05) is 49.1 Å². The number of fused-ring (bicyclic) bond motifs is 2. The summed E-state index contributed by atoms with van der Waals surface area (Å²) in [6.07, 6.45) is -2.53. The third-order valence-corrected chi connectivity index (χ3v) is 6.78. The summed E-state index contributed by atoms with van der Waals surface area (Å²) >= 11 is 0. The molecular weight excluding hydrogens is 635 g/mol. The second-order valence-corrected chi connectivity index (χ2v) is 10.2. The van der Waals surface area contributed by atoms with Gasteiger partial charge >= 0.3 is 23.9 Å². The Hall–Kier alpha value is -6.38. The van der Waals surface area contributed by atoms with Gasteiger partial charge in [0.25, 0.3) is 0 Å². The number of hydrogen-bond acceptors (Lipinski definition) is 9. The number of H-pyrrole nitrogens is 1. The van der Waals surface area contributed by atoms with Crippen molar-refractivity contribution in [2.24, 2.45) is 0 Å². The van der Waals surface area contributed by atoms with Crippen LogP contribution in [0.15, 0.2) is 85.1 Å². The van der Waals surface area contributed by atoms with Gasteiger partial charge in [-0.15, -0.1) is 0 Å². The average Bonchev–Trinajstić information content (AvgIpc) is 3.06. The minimum atomic E-state index is -3.97. The van der Waals surface area contributed by atoms with Crippen molar-refractivity contribution in [2.45, 2.75) is 19.5 Å². The molecule has 5 N–H and O–H groups in total. The van der Waals surface area contributed by atoms with Gasteiger partial charge in [0.2, 0.25) is 11.6 Å². The number of Topliss-reactive ketones (excluding diaryl/α,β-unsaturated/α-hetero) is 1. The summed E-state index contributed by atoms with van der Waals surface area (Å²) in [6, 6.07) is 20.6. The summed E-state index contributed by atoms with van der Waals surface area (Å²) in [5, 5.41) is 29.3. The standard InChI is InChI=1S/C22H18F3N5O4.C11H8O3/c1-2-14(31)11-33-15-5-3-4-12(8-15)28-21-26-10-16(23)19(30-21)27-13-6-7-18-17(9-13)29-20(32)22(24,25)34-18;12-10-8-4-2-1-3-7(8)5-6-9(10)11(13)14/h3-10H,2,11H2,1H3,(H,29,32)(H2,26,27,28,30);1-6,12H,(H,13,14). The van der Waals surface area contributed by atoms with E-state index in [0.29, 0.717) is 23.2 Å². The zero-order chi connectivity index (χ0) is 34.4. The largest absolute Gasteiger partial charge is 0.871 e. The van der Waals surface area contributed by atoms with E-state index in [9.17, 15) is 32.7 Å². The molecule has 0 atom stereocenters. The van der Waals surface area contributed by atoms with Crippen LogP contribution in [-0.4, -0.2) is 40.5 Å². The summed E-state index contributed by atoms with van der Waals surface area (Å²) in [6.45, 7) is 1.70. The maximum Gasteiger partial charge on any atom is 0.482 e. The van der Waals surface area contributed by atoms with Gasteiger partial charge in [-0.2, -0.15) is 13.2 Å². The van der Waals surface area contributed by atoms with E-state index in [-0.39, 0.29) is 46.8 Å². The van der Waals surface area contributed by atoms with Crippen LogP contribution in [0.3, 0.4) is 0 Å². The molecule has 48 heavy (non-hydrogen) atoms. The molecule has 6 rings (SSSR count). The number of aromatic carboxylic acids is 1. The zero-order valence-electron chi connectivity index (χ0n) is 25.0. The normalized spacial score (nSPS) is 12.8. The number of nitrogens with one attached hydrogen (secondary N) is 4. The van der Waals surface area contributed by atoms with E-state index in [2.05, 4.69) is 25.3 Å². The number of carbonyl (C=O) groups is 3. The highest BCUT2D eigenvalue weighted by molar-refractivity contribution is 6.00. The lowest BCUT2D eigenvalue weighted by Crippen LogP contribution is -2.43. The van der Waals surface area contributed by atoms with Crippen molar-refractivity contribution in [3.05, 3.63) is 96.4 Å². The second kappa shape index (κ2) is 13.9. The summed E-state index contributed by atoms with van der Waals surface area (Å²) in [5.74, 6) is -3.71. The lowest BCUT2D eigenvalue weighted by atomic mass is 10.1. The lowest BCUT2D eigenvalue weighted by Gasteiger charge is -2.25. The highest BCUT2D eigenvalue weighted by Gasteiger charge is 2.46. The number of ether oxygens (including phenoxy) is 2. The van der Waals surface area contributed by atoms with E-state index in [1.54, 1.807) is 55.5 Å². The van der Waals surface area contributed by atoms with E-state index in [1.165, 1.54) is 24.3 Å². The SMILES string of the molecule is CCC(=O)COc1cccc(Nc2nc(Nc3ccc4c(c3)NC(=O)C(F)(F)O4)c(F)c[nH+]2)c1.O=C(O)c1ccc2ccccc2c1[O-]. The fourth-order valence-electron chi connectivity index (χ4n) is 4.34. The highest BCUT2D eigenvalue weighted by Crippen LogP contribution is 2.37. The number of anilines is 5. The van der Waals surface area contributed by atoms with Crippen LogP contribution >= 0.6 is 0 Å². The molecule has 15 heteroatoms. The fourth-order valence-corrected chi connectivity index (χ4v) is 4.34. The van der Waals surface area contributed by atoms with Gasteiger partial charge in [-0.3, -0.25) is 9.59 Å². The Morgan fingerprint density at radius 2 is 1.81 bits per heavy atom. The van der Waals surface area contributed by atoms with E-state index in [4.69, 9.17) is 9.84 Å². The fraction of sp³-hybridized carbons (Fsp3) is 0.121. The molecule has 0 saturated carbocycles. The van der Waals surface area contributed by atoms with Crippen molar-refractivity contribution in [1.29, 1.82) is 0 Å². The molecule has 1 aliphatic heterocycles. The molecule has 246 valence electrons. The minimum absolute atomic E-state index is 0.000504. The first-order valence-electron chi connectivity index (χ1n) is 14.2. The Morgan fingerprint density at radius 3 is 2.58 bits per heavy atom. The minimum Gasteiger partial charge on any atom is -0.871 e. The second-order valence-electron chi connectivity index (χ2n) is 10.2. The number of rotatable bonds is 9. The molecule has 12 nitrogen and oxygen atoms in total. The van der Waals surface area contributed by atoms with Crippen molar-refractivity contribution < 1.29 is 52.2 Å². The van der Waals surface area contributed by atoms with Crippen LogP contribution in [-0.2, 0) is 9.59 Å². The number of carboxylic acid groups (broad SMARTS) is 1. The number of benzene rings is 4. The lowest BCUT2D eigenvalue weighted by molar-refractivity contribution is -0.367. The molecule has 0 radical (unpaired) electrons. The van der Waals surface area contributed by atoms with Crippen LogP contribution in [0.2, 0.25) is 0 Å². The highest BCUT2D eigenvalue weighted by atomic mass is 19.3. The summed E-state index contributed by atoms with van der Waals surface area (Å²) in [4.78, 5) is 40.3. The van der Waals surface area contributed by atoms with Gasteiger partial charge < -0.3 is 30.3 Å². The Labute approximate surface area is 270 Å². The van der Waals surface area contributed by atoms with Gasteiger partial charge in [-0.25, -0.2) is 15.1 Å². The van der Waals surface area contributed by atoms with E-state index < -0.39 is 29.6 Å². The van der Waals surface area contributed by atoms with Gasteiger partial charge in [-0.05, 0) is 52.2 Å². The molecule has 2 heterocycles. The summed E-state index contributed by atoms with van der Waals surface area (Å²) in [5.41, 5.74) is 0.661. The first-order chi connectivity index (χ1) is 22.9. The predicted octanol–water partition coefficient (Wildman–Crippen LogP) is 5.42. The monoisotopic (exact) mass is 661 g/mol. The van der Waals surface area contributed by atoms with Crippen LogP contribution in [0.5, 0.6) is 17.2 Å². The average molecular weight is 662 g/mol. The number of nitrogens with zero attached hydrogens (tertiary/aromatic N) is 1. The van der Waals surface area contributed by atoms with Crippen LogP contribution in [0.1, 0.15) is 23.7 Å². The van der Waals surface area contributed by atoms with Crippen LogP contribution in [0.4, 0.5) is 42.0 Å². The predicted molar refractivity (Wildman–Crippen MR) is 166 cm³/mol. The Morgan fingerprint density at radius 1 is 1.04 bits per heavy atom. The van der Waals surface area contributed by atoms with Crippen LogP contribution in [0.25, 0.3) is 10.8 Å². The molecule has 0 bridgehead atoms. The molecule has 0 saturated heterocycles. The molecule has 0 fully saturated rings. The molecule has 0 unspecified atom stereocenters. The Balaban J connectivity index is 0.000000267. The first-order valence-corrected chi connectivity index (χ1v) is 14.2. The molecule has 5 aromatic rings. The molecule has 0 aliphatic carbocycles. The van der Waals surface area contributed by atoms with Gasteiger partial charge in [0.05, 0.1) is 11.3 Å². The molecule has 0 spiro atoms. The quantitative estimate of drug-likeness (QED) is 0.160. The number of amides is 1. The van der Waals surface area contributed by atoms with Gasteiger partial charge in [0.15, 0.2) is 11.5 Å². The topological polar surface area (TPSA) is 176 Å². The van der Waals surface area contributed by atoms with E-state index in [1.807, 2.05) is 11.4 Å². The number of hydrogen-bond donors (Lipinski definition) is 4. The number of aromatic nitrogens is 2. The smallest absolute Gasteiger partial charge is 0.482 e. The van der Waals surface area contributed by atoms with E-state index in [0.717, 1.165) is 11.6 Å². The van der Waals surface area contributed by atoms with Gasteiger partial charge in [0.1, 0.15) is 24.2 Å². The van der Waals surface area contributed by atoms with Gasteiger partial charge in [0, 0.05) is 18.2 Å². The number of halogens is 3. The molecule has 1 aliphatic rings. The molecular formula is C33H26F3N5O7. The van der Waals surface area contributed by atoms with Crippen molar-refractivity contribution in [1.82, 2.24) is 4.98 Å². The third kappa shape index (κ3) is 7.70. The number of alkyl halides is 2. The number of aromatic amines is 1. The van der Waals surface area contributed by atoms with Crippen LogP contribution in [0, 0.1) is 5.82 Å². The molecule has 1 aromatic heterocycles.